The fraction of sp³-hybridized carbons (Fsp3) is 0.192. The van der Waals surface area contributed by atoms with Crippen molar-refractivity contribution in [3.05, 3.63) is 101 Å². The number of halogens is 1. The molecule has 0 radical (unpaired) electrons. The molecule has 3 aromatic rings. The number of aliphatic hydroxyl groups is 1. The molecular weight excluding hydrogens is 423 g/mol. The van der Waals surface area contributed by atoms with Crippen molar-refractivity contribution < 1.29 is 23.8 Å². The van der Waals surface area contributed by atoms with Crippen molar-refractivity contribution in [3.63, 3.8) is 0 Å². The first kappa shape index (κ1) is 22.2. The fourth-order valence-electron chi connectivity index (χ4n) is 3.91. The summed E-state index contributed by atoms with van der Waals surface area (Å²) in [5.74, 6) is -1.57. The topological polar surface area (TPSA) is 79.7 Å². The van der Waals surface area contributed by atoms with Gasteiger partial charge in [-0.2, -0.15) is 0 Å². The third-order valence-electron chi connectivity index (χ3n) is 5.48. The van der Waals surface area contributed by atoms with Crippen LogP contribution in [-0.2, 0) is 16.0 Å². The second kappa shape index (κ2) is 9.65. The largest absolute Gasteiger partial charge is 0.507 e. The summed E-state index contributed by atoms with van der Waals surface area (Å²) in [5.41, 5.74) is 1.64. The van der Waals surface area contributed by atoms with Crippen LogP contribution in [0.5, 0.6) is 5.75 Å². The number of likely N-dealkylation sites (tertiary alicyclic amines) is 1. The van der Waals surface area contributed by atoms with Crippen LogP contribution in [0.2, 0.25) is 0 Å². The lowest BCUT2D eigenvalue weighted by Gasteiger charge is -2.24. The molecule has 0 saturated carbocycles. The highest BCUT2D eigenvalue weighted by Crippen LogP contribution is 2.39. The summed E-state index contributed by atoms with van der Waals surface area (Å²) in [4.78, 5) is 31.8. The molecule has 1 aliphatic rings. The van der Waals surface area contributed by atoms with Crippen molar-refractivity contribution in [3.8, 4) is 5.75 Å². The maximum atomic E-state index is 13.2. The quantitative estimate of drug-likeness (QED) is 0.333. The molecule has 1 aliphatic heterocycles. The Labute approximate surface area is 191 Å². The Hall–Kier alpha value is -4.00. The number of carbonyl (C=O) groups excluding carboxylic acids is 2. The first-order valence-corrected chi connectivity index (χ1v) is 10.7. The van der Waals surface area contributed by atoms with E-state index < -0.39 is 17.7 Å². The molecule has 2 aromatic carbocycles. The minimum Gasteiger partial charge on any atom is -0.507 e. The van der Waals surface area contributed by atoms with E-state index in [0.29, 0.717) is 30.0 Å². The van der Waals surface area contributed by atoms with Gasteiger partial charge in [0.15, 0.2) is 0 Å². The van der Waals surface area contributed by atoms with E-state index in [-0.39, 0.29) is 23.7 Å². The van der Waals surface area contributed by atoms with E-state index in [4.69, 9.17) is 4.74 Å². The van der Waals surface area contributed by atoms with Crippen molar-refractivity contribution in [2.24, 2.45) is 0 Å². The molecule has 1 N–H and O–H groups in total. The van der Waals surface area contributed by atoms with Gasteiger partial charge in [0.05, 0.1) is 17.9 Å². The third-order valence-corrected chi connectivity index (χ3v) is 5.48. The molecule has 2 heterocycles. The van der Waals surface area contributed by atoms with Crippen LogP contribution in [0.1, 0.15) is 29.8 Å². The van der Waals surface area contributed by atoms with Crippen molar-refractivity contribution in [1.29, 1.82) is 0 Å². The van der Waals surface area contributed by atoms with E-state index >= 15 is 0 Å². The summed E-state index contributed by atoms with van der Waals surface area (Å²) in [5, 5.41) is 11.1. The van der Waals surface area contributed by atoms with Gasteiger partial charge in [-0.05, 0) is 55.3 Å². The number of hydrogen-bond donors (Lipinski definition) is 1. The van der Waals surface area contributed by atoms with Gasteiger partial charge >= 0.3 is 0 Å². The zero-order chi connectivity index (χ0) is 23.4. The monoisotopic (exact) mass is 446 g/mol. The number of benzene rings is 2. The average Bonchev–Trinajstić information content (AvgIpc) is 3.09. The highest BCUT2D eigenvalue weighted by molar-refractivity contribution is 6.46. The van der Waals surface area contributed by atoms with E-state index in [2.05, 4.69) is 4.98 Å². The predicted molar refractivity (Wildman–Crippen MR) is 121 cm³/mol. The molecule has 33 heavy (non-hydrogen) atoms. The Morgan fingerprint density at radius 3 is 2.58 bits per heavy atom. The second-order valence-corrected chi connectivity index (χ2v) is 7.58. The Balaban J connectivity index is 1.74. The van der Waals surface area contributed by atoms with Gasteiger partial charge in [-0.3, -0.25) is 14.6 Å². The fourth-order valence-corrected chi connectivity index (χ4v) is 3.91. The summed E-state index contributed by atoms with van der Waals surface area (Å²) in [6, 6.07) is 17.1. The molecule has 1 saturated heterocycles. The molecule has 1 atom stereocenters. The van der Waals surface area contributed by atoms with Crippen LogP contribution in [0.4, 0.5) is 4.39 Å². The standard InChI is InChI=1S/C26H23FN2O4/c1-2-33-20-7-5-6-18(16-20)24(30)22-23(21-8-3-4-14-28-21)29(26(32)25(22)31)15-13-17-9-11-19(27)12-10-17/h3-12,14,16,23,30H,2,13,15H2,1H3/b24-22-. The molecule has 1 aromatic heterocycles. The van der Waals surface area contributed by atoms with E-state index in [9.17, 15) is 19.1 Å². The van der Waals surface area contributed by atoms with E-state index in [1.807, 2.05) is 6.92 Å². The maximum Gasteiger partial charge on any atom is 0.295 e. The number of nitrogens with zero attached hydrogens (tertiary/aromatic N) is 2. The molecule has 1 unspecified atom stereocenters. The minimum atomic E-state index is -0.845. The van der Waals surface area contributed by atoms with Gasteiger partial charge < -0.3 is 14.7 Å². The number of carbonyl (C=O) groups is 2. The summed E-state index contributed by atoms with van der Waals surface area (Å²) in [7, 11) is 0. The summed E-state index contributed by atoms with van der Waals surface area (Å²) in [6.07, 6.45) is 1.99. The van der Waals surface area contributed by atoms with Gasteiger partial charge in [0, 0.05) is 18.3 Å². The molecule has 168 valence electrons. The molecule has 7 heteroatoms. The van der Waals surface area contributed by atoms with Gasteiger partial charge in [-0.25, -0.2) is 4.39 Å². The maximum absolute atomic E-state index is 13.2. The smallest absolute Gasteiger partial charge is 0.295 e. The van der Waals surface area contributed by atoms with Crippen molar-refractivity contribution in [1.82, 2.24) is 9.88 Å². The zero-order valence-corrected chi connectivity index (χ0v) is 18.1. The van der Waals surface area contributed by atoms with Gasteiger partial charge in [-0.1, -0.05) is 30.3 Å². The van der Waals surface area contributed by atoms with Gasteiger partial charge in [0.1, 0.15) is 23.4 Å². The molecule has 1 fully saturated rings. The molecule has 1 amide bonds. The molecule has 6 nitrogen and oxygen atoms in total. The van der Waals surface area contributed by atoms with Crippen LogP contribution < -0.4 is 4.74 Å². The predicted octanol–water partition coefficient (Wildman–Crippen LogP) is 4.28. The van der Waals surface area contributed by atoms with Gasteiger partial charge in [0.25, 0.3) is 11.7 Å². The van der Waals surface area contributed by atoms with Crippen LogP contribution in [0, 0.1) is 5.82 Å². The number of Topliss-reactive ketones (excluding diaryl/α,β-unsaturated/α-hetero) is 1. The summed E-state index contributed by atoms with van der Waals surface area (Å²) < 4.78 is 18.7. The third kappa shape index (κ3) is 4.62. The SMILES string of the molecule is CCOc1cccc(/C(O)=C2/C(=O)C(=O)N(CCc3ccc(F)cc3)C2c2ccccn2)c1. The highest BCUT2D eigenvalue weighted by Gasteiger charge is 2.46. The van der Waals surface area contributed by atoms with Crippen LogP contribution in [0.3, 0.4) is 0 Å². The number of rotatable bonds is 7. The van der Waals surface area contributed by atoms with E-state index in [1.54, 1.807) is 60.8 Å². The zero-order valence-electron chi connectivity index (χ0n) is 18.1. The summed E-state index contributed by atoms with van der Waals surface area (Å²) in [6.45, 7) is 2.50. The number of amides is 1. The lowest BCUT2D eigenvalue weighted by molar-refractivity contribution is -0.139. The Kier molecular flexibility index (Phi) is 6.49. The number of hydrogen-bond acceptors (Lipinski definition) is 5. The molecule has 4 rings (SSSR count). The lowest BCUT2D eigenvalue weighted by atomic mass is 9.98. The van der Waals surface area contributed by atoms with Crippen molar-refractivity contribution in [2.75, 3.05) is 13.2 Å². The van der Waals surface area contributed by atoms with E-state index in [1.165, 1.54) is 17.0 Å². The van der Waals surface area contributed by atoms with Crippen LogP contribution >= 0.6 is 0 Å². The van der Waals surface area contributed by atoms with Crippen LogP contribution in [0.15, 0.2) is 78.5 Å². The first-order valence-electron chi connectivity index (χ1n) is 10.7. The van der Waals surface area contributed by atoms with Gasteiger partial charge in [-0.15, -0.1) is 0 Å². The van der Waals surface area contributed by atoms with Crippen LogP contribution in [-0.4, -0.2) is 39.8 Å². The number of ether oxygens (including phenoxy) is 1. The number of aromatic nitrogens is 1. The Bertz CT molecular complexity index is 1190. The normalized spacial score (nSPS) is 17.4. The minimum absolute atomic E-state index is 0.0218. The molecule has 0 spiro atoms. The second-order valence-electron chi connectivity index (χ2n) is 7.58. The van der Waals surface area contributed by atoms with Crippen molar-refractivity contribution >= 4 is 17.4 Å². The Morgan fingerprint density at radius 1 is 1.09 bits per heavy atom. The molecule has 0 bridgehead atoms. The van der Waals surface area contributed by atoms with Gasteiger partial charge in [0.2, 0.25) is 0 Å². The summed E-state index contributed by atoms with van der Waals surface area (Å²) >= 11 is 0. The molecular formula is C26H23FN2O4. The number of ketones is 1. The number of pyridine rings is 1. The highest BCUT2D eigenvalue weighted by atomic mass is 19.1. The lowest BCUT2D eigenvalue weighted by Crippen LogP contribution is -2.32. The molecule has 0 aliphatic carbocycles. The first-order chi connectivity index (χ1) is 16.0. The van der Waals surface area contributed by atoms with Crippen molar-refractivity contribution in [2.45, 2.75) is 19.4 Å². The Morgan fingerprint density at radius 2 is 1.88 bits per heavy atom. The number of aliphatic hydroxyl groups excluding tert-OH is 1. The average molecular weight is 446 g/mol. The van der Waals surface area contributed by atoms with Crippen LogP contribution in [0.25, 0.3) is 5.76 Å². The van der Waals surface area contributed by atoms with E-state index in [0.717, 1.165) is 5.56 Å².